The lowest BCUT2D eigenvalue weighted by Gasteiger charge is -2.33. The molecule has 0 unspecified atom stereocenters. The van der Waals surface area contributed by atoms with Gasteiger partial charge in [-0.25, -0.2) is 9.97 Å². The number of likely N-dealkylation sites (tertiary alicyclic amines) is 1. The summed E-state index contributed by atoms with van der Waals surface area (Å²) in [6.45, 7) is 9.92. The van der Waals surface area contributed by atoms with E-state index in [4.69, 9.17) is 0 Å². The van der Waals surface area contributed by atoms with Crippen molar-refractivity contribution in [3.05, 3.63) is 54.3 Å². The fourth-order valence-electron chi connectivity index (χ4n) is 3.86. The first-order valence-corrected chi connectivity index (χ1v) is 9.77. The molecule has 2 aromatic heterocycles. The number of rotatable bonds is 5. The van der Waals surface area contributed by atoms with E-state index in [9.17, 15) is 0 Å². The van der Waals surface area contributed by atoms with Gasteiger partial charge in [-0.1, -0.05) is 31.5 Å². The number of fused-ring (bicyclic) bond motifs is 1. The molecule has 1 aromatic carbocycles. The number of anilines is 1. The quantitative estimate of drug-likeness (QED) is 0.738. The first-order chi connectivity index (χ1) is 13.1. The van der Waals surface area contributed by atoms with Crippen LogP contribution in [-0.2, 0) is 0 Å². The molecule has 3 heterocycles. The molecule has 1 aliphatic heterocycles. The summed E-state index contributed by atoms with van der Waals surface area (Å²) in [4.78, 5) is 11.6. The molecule has 1 aliphatic rings. The Hall–Kier alpha value is -2.40. The van der Waals surface area contributed by atoms with Crippen molar-refractivity contribution in [3.63, 3.8) is 0 Å². The molecule has 0 saturated carbocycles. The number of benzene rings is 1. The Kier molecular flexibility index (Phi) is 5.12. The monoisotopic (exact) mass is 362 g/mol. The maximum absolute atomic E-state index is 4.54. The van der Waals surface area contributed by atoms with Gasteiger partial charge in [0.15, 0.2) is 0 Å². The molecule has 4 rings (SSSR count). The second-order valence-corrected chi connectivity index (χ2v) is 7.88. The van der Waals surface area contributed by atoms with Crippen LogP contribution in [0, 0.1) is 12.8 Å². The van der Waals surface area contributed by atoms with Crippen LogP contribution in [0.4, 0.5) is 5.82 Å². The first kappa shape index (κ1) is 18.0. The van der Waals surface area contributed by atoms with Crippen molar-refractivity contribution in [1.29, 1.82) is 0 Å². The highest BCUT2D eigenvalue weighted by atomic mass is 15.2. The Morgan fingerprint density at radius 1 is 1.07 bits per heavy atom. The molecule has 1 N–H and O–H groups in total. The average Bonchev–Trinajstić information content (AvgIpc) is 3.09. The predicted molar refractivity (Wildman–Crippen MR) is 111 cm³/mol. The van der Waals surface area contributed by atoms with Crippen LogP contribution in [0.15, 0.2) is 42.9 Å². The van der Waals surface area contributed by atoms with Crippen molar-refractivity contribution in [2.24, 2.45) is 0 Å². The van der Waals surface area contributed by atoms with E-state index in [-0.39, 0.29) is 0 Å². The van der Waals surface area contributed by atoms with Gasteiger partial charge in [-0.15, -0.1) is 0 Å². The largest absolute Gasteiger partial charge is 0.367 e. The van der Waals surface area contributed by atoms with Crippen LogP contribution >= 0.6 is 0 Å². The summed E-state index contributed by atoms with van der Waals surface area (Å²) in [6, 6.07) is 11.1. The standard InChI is InChI=1S/C22H28N5/c1-16(2)14-26-11-8-18(9-12-26)25-21-20-10-13-27(22(20)24-15-23-21)19-6-4-17(3)5-7-19/h4-7,10,13,15,18H,8-9,11-12,14H2,1-3H3,(H,23,24,25). The Morgan fingerprint density at radius 3 is 2.52 bits per heavy atom. The molecule has 5 heteroatoms. The molecule has 0 atom stereocenters. The van der Waals surface area contributed by atoms with Crippen LogP contribution in [0.1, 0.15) is 32.3 Å². The van der Waals surface area contributed by atoms with E-state index >= 15 is 0 Å². The third-order valence-corrected chi connectivity index (χ3v) is 5.26. The van der Waals surface area contributed by atoms with Crippen molar-refractivity contribution in [3.8, 4) is 5.69 Å². The minimum atomic E-state index is 0.472. The molecule has 1 saturated heterocycles. The zero-order chi connectivity index (χ0) is 18.8. The van der Waals surface area contributed by atoms with Crippen LogP contribution in [-0.4, -0.2) is 45.1 Å². The maximum Gasteiger partial charge on any atom is 0.150 e. The number of nitrogens with one attached hydrogen (secondary N) is 1. The van der Waals surface area contributed by atoms with Crippen molar-refractivity contribution < 1.29 is 0 Å². The third-order valence-electron chi connectivity index (χ3n) is 5.26. The van der Waals surface area contributed by atoms with Gasteiger partial charge in [-0.05, 0) is 43.9 Å². The van der Waals surface area contributed by atoms with E-state index < -0.39 is 0 Å². The molecular weight excluding hydrogens is 334 g/mol. The minimum absolute atomic E-state index is 0.472. The van der Waals surface area contributed by atoms with Gasteiger partial charge < -0.3 is 14.8 Å². The summed E-state index contributed by atoms with van der Waals surface area (Å²) in [7, 11) is 0. The van der Waals surface area contributed by atoms with Gasteiger partial charge in [0, 0.05) is 37.6 Å². The van der Waals surface area contributed by atoms with Crippen LogP contribution in [0.25, 0.3) is 16.7 Å². The number of piperidine rings is 1. The lowest BCUT2D eigenvalue weighted by atomic mass is 10.0. The highest BCUT2D eigenvalue weighted by molar-refractivity contribution is 5.88. The van der Waals surface area contributed by atoms with Gasteiger partial charge in [0.1, 0.15) is 17.8 Å². The summed E-state index contributed by atoms with van der Waals surface area (Å²) in [5, 5.41) is 4.76. The molecule has 0 bridgehead atoms. The van der Waals surface area contributed by atoms with E-state index in [1.54, 1.807) is 6.33 Å². The molecule has 0 spiro atoms. The Labute approximate surface area is 161 Å². The molecule has 0 aliphatic carbocycles. The molecular formula is C22H28N5. The van der Waals surface area contributed by atoms with Crippen molar-refractivity contribution in [2.45, 2.75) is 39.7 Å². The van der Waals surface area contributed by atoms with Gasteiger partial charge in [-0.3, -0.25) is 0 Å². The summed E-state index contributed by atoms with van der Waals surface area (Å²) in [5.41, 5.74) is 3.33. The van der Waals surface area contributed by atoms with Gasteiger partial charge in [0.25, 0.3) is 0 Å². The van der Waals surface area contributed by atoms with Gasteiger partial charge >= 0.3 is 0 Å². The molecule has 27 heavy (non-hydrogen) atoms. The van der Waals surface area contributed by atoms with E-state index in [0.717, 1.165) is 55.0 Å². The fourth-order valence-corrected chi connectivity index (χ4v) is 3.86. The van der Waals surface area contributed by atoms with Gasteiger partial charge in [-0.2, -0.15) is 0 Å². The fraction of sp³-hybridized carbons (Fsp3) is 0.409. The van der Waals surface area contributed by atoms with E-state index in [2.05, 4.69) is 82.1 Å². The van der Waals surface area contributed by atoms with Gasteiger partial charge in [0.05, 0.1) is 5.39 Å². The second-order valence-electron chi connectivity index (χ2n) is 7.88. The smallest absolute Gasteiger partial charge is 0.150 e. The zero-order valence-electron chi connectivity index (χ0n) is 16.4. The molecule has 1 fully saturated rings. The summed E-state index contributed by atoms with van der Waals surface area (Å²) >= 11 is 0. The number of hydrogen-bond donors (Lipinski definition) is 1. The molecule has 3 aromatic rings. The van der Waals surface area contributed by atoms with E-state index in [1.165, 1.54) is 11.5 Å². The molecule has 0 amide bonds. The topological polar surface area (TPSA) is 46.0 Å². The second kappa shape index (κ2) is 7.69. The molecule has 141 valence electrons. The normalized spacial score (nSPS) is 16.3. The summed E-state index contributed by atoms with van der Waals surface area (Å²) in [6.07, 6.45) is 6.05. The summed E-state index contributed by atoms with van der Waals surface area (Å²) in [5.74, 6) is 2.43. The third kappa shape index (κ3) is 3.98. The van der Waals surface area contributed by atoms with E-state index in [1.807, 2.05) is 0 Å². The Morgan fingerprint density at radius 2 is 1.81 bits per heavy atom. The number of aromatic nitrogens is 3. The van der Waals surface area contributed by atoms with E-state index in [0.29, 0.717) is 6.04 Å². The molecule has 5 nitrogen and oxygen atoms in total. The van der Waals surface area contributed by atoms with Crippen molar-refractivity contribution >= 4 is 16.9 Å². The summed E-state index contributed by atoms with van der Waals surface area (Å²) < 4.78 is 2.13. The lowest BCUT2D eigenvalue weighted by Crippen LogP contribution is -2.40. The number of hydrogen-bond acceptors (Lipinski definition) is 4. The van der Waals surface area contributed by atoms with Crippen LogP contribution in [0.2, 0.25) is 0 Å². The average molecular weight is 363 g/mol. The van der Waals surface area contributed by atoms with Crippen molar-refractivity contribution in [1.82, 2.24) is 19.4 Å². The highest BCUT2D eigenvalue weighted by Gasteiger charge is 2.21. The zero-order valence-corrected chi connectivity index (χ0v) is 16.4. The van der Waals surface area contributed by atoms with Crippen LogP contribution in [0.3, 0.4) is 0 Å². The van der Waals surface area contributed by atoms with Crippen LogP contribution in [0.5, 0.6) is 0 Å². The SMILES string of the molecule is C[C](C)CN1CCC(Nc2ncnc3c2ccn3-c2ccc(C)cc2)CC1. The number of nitrogens with zero attached hydrogens (tertiary/aromatic N) is 4. The highest BCUT2D eigenvalue weighted by Crippen LogP contribution is 2.25. The van der Waals surface area contributed by atoms with Crippen LogP contribution < -0.4 is 5.32 Å². The van der Waals surface area contributed by atoms with Crippen molar-refractivity contribution in [2.75, 3.05) is 25.0 Å². The number of aryl methyl sites for hydroxylation is 1. The molecule has 1 radical (unpaired) electrons. The Bertz CT molecular complexity index is 889. The maximum atomic E-state index is 4.54. The van der Waals surface area contributed by atoms with Gasteiger partial charge in [0.2, 0.25) is 0 Å². The lowest BCUT2D eigenvalue weighted by molar-refractivity contribution is 0.227. The first-order valence-electron chi connectivity index (χ1n) is 9.77. The predicted octanol–water partition coefficient (Wildman–Crippen LogP) is 4.22. The minimum Gasteiger partial charge on any atom is -0.367 e. The Balaban J connectivity index is 1.51.